The first kappa shape index (κ1) is 73.9. The SMILES string of the molecule is C/C=C/C=C/C=C/C=C/[C@H](C)[C@@H](O)[C@@H](C)[C@H](C)OC(=O)C[C@H](O)C[C@H](O)CC[C@@H](O)[C@H](O)C[C@H](O)C[C@]1(O)C[C@H](O)[C@@H](NC(=O)NC[C@H](O)CO)[C@H](C[C@H](/C=C/C=C/C)O[C@@H]2O[C@H](C)[C@@H](O)[C@H](N/C(=N/CC)NCCCN(C)C)[C@@H]2O)O1. The maximum atomic E-state index is 13.1. The standard InChI is InChI=1S/C58H102N6O18/c1-10-13-15-16-17-18-20-22-36(4)52(74)37(5)38(6)79-49(73)30-41(67)28-40(66)24-25-45(70)46(71)29-42(68)32-58(78)33-47(72)50(63-57(77)61-34-43(69)35-65)48(82-58)31-44(23-19-14-11-2)81-55-54(76)51(53(75)39(7)80-55)62-56(59-12-3)60-26-21-27-64(8)9/h10-11,13-20,22-23,36-48,50-55,65-72,74-76,78H,12,21,24-35H2,1-9H3,(H2,59,60,62)(H2,61,63,77)/b13-10+,14-11+,16-15+,18-17+,22-20+,23-19+/t36-,37-,38-,39+,40+,41+,42-,43-,44-,45+,46+,47-,48-,50+,51-,52+,53+,54-,55-,58+/m0/s1. The molecule has 0 aliphatic carbocycles. The lowest BCUT2D eigenvalue weighted by Crippen LogP contribution is -2.65. The van der Waals surface area contributed by atoms with E-state index in [0.29, 0.717) is 19.0 Å². The van der Waals surface area contributed by atoms with E-state index in [0.717, 1.165) is 13.0 Å². The summed E-state index contributed by atoms with van der Waals surface area (Å²) in [5.41, 5.74) is 0. The number of aliphatic hydroxyl groups excluding tert-OH is 11. The van der Waals surface area contributed by atoms with Crippen molar-refractivity contribution in [2.75, 3.05) is 46.9 Å². The van der Waals surface area contributed by atoms with Crippen LogP contribution >= 0.6 is 0 Å². The summed E-state index contributed by atoms with van der Waals surface area (Å²) in [6, 6.07) is -3.20. The molecule has 2 heterocycles. The van der Waals surface area contributed by atoms with E-state index in [9.17, 15) is 70.9 Å². The first-order chi connectivity index (χ1) is 38.8. The zero-order valence-corrected chi connectivity index (χ0v) is 49.5. The molecule has 16 N–H and O–H groups in total. The molecule has 0 aromatic rings. The van der Waals surface area contributed by atoms with Crippen LogP contribution in [0.5, 0.6) is 0 Å². The number of hydrogen-bond acceptors (Lipinski definition) is 20. The molecule has 24 nitrogen and oxygen atoms in total. The zero-order chi connectivity index (χ0) is 61.5. The molecular formula is C58H102N6O18. The molecule has 0 bridgehead atoms. The van der Waals surface area contributed by atoms with Gasteiger partial charge in [-0.15, -0.1) is 0 Å². The van der Waals surface area contributed by atoms with Crippen LogP contribution in [0.1, 0.15) is 106 Å². The minimum absolute atomic E-state index is 0.122. The Morgan fingerprint density at radius 2 is 1.44 bits per heavy atom. The van der Waals surface area contributed by atoms with Crippen molar-refractivity contribution in [3.8, 4) is 0 Å². The van der Waals surface area contributed by atoms with Gasteiger partial charge in [0.15, 0.2) is 18.0 Å². The number of carbonyl (C=O) groups is 2. The summed E-state index contributed by atoms with van der Waals surface area (Å²) in [5.74, 6) is -3.42. The maximum Gasteiger partial charge on any atom is 0.315 e. The number of hydrogen-bond donors (Lipinski definition) is 16. The molecule has 20 atom stereocenters. The van der Waals surface area contributed by atoms with Gasteiger partial charge in [0.25, 0.3) is 0 Å². The number of amides is 2. The van der Waals surface area contributed by atoms with Crippen molar-refractivity contribution < 1.29 is 89.8 Å². The number of ether oxygens (including phenoxy) is 4. The molecule has 2 amide bonds. The highest BCUT2D eigenvalue weighted by Gasteiger charge is 2.49. The Morgan fingerprint density at radius 1 is 0.793 bits per heavy atom. The first-order valence-corrected chi connectivity index (χ1v) is 28.8. The van der Waals surface area contributed by atoms with E-state index in [4.69, 9.17) is 18.9 Å². The van der Waals surface area contributed by atoms with Crippen LogP contribution < -0.4 is 21.3 Å². The third-order valence-electron chi connectivity index (χ3n) is 14.2. The van der Waals surface area contributed by atoms with Gasteiger partial charge in [0.2, 0.25) is 0 Å². The highest BCUT2D eigenvalue weighted by molar-refractivity contribution is 5.80. The summed E-state index contributed by atoms with van der Waals surface area (Å²) in [4.78, 5) is 32.4. The molecule has 0 radical (unpaired) electrons. The molecule has 0 unspecified atom stereocenters. The van der Waals surface area contributed by atoms with Gasteiger partial charge in [0, 0.05) is 57.2 Å². The van der Waals surface area contributed by atoms with E-state index in [1.165, 1.54) is 0 Å². The van der Waals surface area contributed by atoms with Crippen LogP contribution in [0.15, 0.2) is 77.9 Å². The minimum atomic E-state index is -2.32. The van der Waals surface area contributed by atoms with Crippen molar-refractivity contribution in [1.29, 1.82) is 0 Å². The summed E-state index contributed by atoms with van der Waals surface area (Å²) >= 11 is 0. The lowest BCUT2D eigenvalue weighted by atomic mass is 9.87. The van der Waals surface area contributed by atoms with Gasteiger partial charge in [0.05, 0.1) is 92.3 Å². The number of allylic oxidation sites excluding steroid dienone is 10. The van der Waals surface area contributed by atoms with Crippen molar-refractivity contribution in [2.24, 2.45) is 16.8 Å². The van der Waals surface area contributed by atoms with Crippen LogP contribution in [0.4, 0.5) is 4.79 Å². The fraction of sp³-hybridized carbons (Fsp3) is 0.741. The number of guanidine groups is 1. The van der Waals surface area contributed by atoms with Gasteiger partial charge in [0.1, 0.15) is 18.3 Å². The number of aliphatic hydroxyl groups is 12. The molecule has 0 aromatic heterocycles. The van der Waals surface area contributed by atoms with E-state index in [1.54, 1.807) is 52.0 Å². The quantitative estimate of drug-likeness (QED) is 0.0130. The molecular weight excluding hydrogens is 1070 g/mol. The largest absolute Gasteiger partial charge is 0.462 e. The van der Waals surface area contributed by atoms with Crippen LogP contribution in [-0.2, 0) is 23.7 Å². The molecule has 0 saturated carbocycles. The van der Waals surface area contributed by atoms with Crippen LogP contribution in [0.25, 0.3) is 0 Å². The summed E-state index contributed by atoms with van der Waals surface area (Å²) in [6.45, 7) is 13.1. The molecule has 2 fully saturated rings. The maximum absolute atomic E-state index is 13.1. The summed E-state index contributed by atoms with van der Waals surface area (Å²) in [6.07, 6.45) is 0.380. The van der Waals surface area contributed by atoms with Crippen molar-refractivity contribution >= 4 is 18.0 Å². The Balaban J connectivity index is 2.16. The number of carbonyl (C=O) groups excluding carboxylic acids is 2. The van der Waals surface area contributed by atoms with Gasteiger partial charge in [-0.1, -0.05) is 86.8 Å². The summed E-state index contributed by atoms with van der Waals surface area (Å²) in [7, 11) is 3.91. The Hall–Kier alpha value is -4.19. The lowest BCUT2D eigenvalue weighted by molar-refractivity contribution is -0.303. The van der Waals surface area contributed by atoms with Gasteiger partial charge in [-0.3, -0.25) is 9.79 Å². The number of aliphatic imine (C=N–C) groups is 1. The molecule has 24 heteroatoms. The van der Waals surface area contributed by atoms with Crippen molar-refractivity contribution in [1.82, 2.24) is 26.2 Å². The average molecular weight is 1170 g/mol. The van der Waals surface area contributed by atoms with Crippen LogP contribution in [0.2, 0.25) is 0 Å². The second-order valence-corrected chi connectivity index (χ2v) is 21.8. The third kappa shape index (κ3) is 28.1. The normalized spacial score (nSPS) is 28.1. The molecule has 82 heavy (non-hydrogen) atoms. The molecule has 0 aromatic carbocycles. The molecule has 2 aliphatic rings. The second-order valence-electron chi connectivity index (χ2n) is 21.8. The number of rotatable bonds is 36. The molecule has 2 aliphatic heterocycles. The fourth-order valence-electron chi connectivity index (χ4n) is 9.36. The van der Waals surface area contributed by atoms with Gasteiger partial charge >= 0.3 is 12.0 Å². The zero-order valence-electron chi connectivity index (χ0n) is 49.5. The molecule has 472 valence electrons. The van der Waals surface area contributed by atoms with Crippen molar-refractivity contribution in [3.63, 3.8) is 0 Å². The summed E-state index contributed by atoms with van der Waals surface area (Å²) in [5, 5.41) is 142. The van der Waals surface area contributed by atoms with Crippen LogP contribution in [-0.4, -0.2) is 241 Å². The highest BCUT2D eigenvalue weighted by Crippen LogP contribution is 2.35. The van der Waals surface area contributed by atoms with Crippen LogP contribution in [0.3, 0.4) is 0 Å². The molecule has 0 spiro atoms. The predicted octanol–water partition coefficient (Wildman–Crippen LogP) is 0.0500. The van der Waals surface area contributed by atoms with Gasteiger partial charge < -0.3 is 106 Å². The summed E-state index contributed by atoms with van der Waals surface area (Å²) < 4.78 is 24.1. The molecule has 2 rings (SSSR count). The fourth-order valence-corrected chi connectivity index (χ4v) is 9.36. The van der Waals surface area contributed by atoms with Crippen molar-refractivity contribution in [3.05, 3.63) is 72.9 Å². The number of esters is 1. The first-order valence-electron chi connectivity index (χ1n) is 28.8. The Kier molecular flexibility index (Phi) is 35.5. The van der Waals surface area contributed by atoms with Gasteiger partial charge in [-0.25, -0.2) is 4.79 Å². The minimum Gasteiger partial charge on any atom is -0.462 e. The monoisotopic (exact) mass is 1170 g/mol. The Bertz CT molecular complexity index is 2010. The van der Waals surface area contributed by atoms with Gasteiger partial charge in [-0.2, -0.15) is 0 Å². The topological polar surface area (TPSA) is 378 Å². The molecule has 2 saturated heterocycles. The van der Waals surface area contributed by atoms with Crippen molar-refractivity contribution in [2.45, 2.75) is 216 Å². The van der Waals surface area contributed by atoms with E-state index >= 15 is 0 Å². The van der Waals surface area contributed by atoms with Gasteiger partial charge in [-0.05, 0) is 80.9 Å². The third-order valence-corrected chi connectivity index (χ3v) is 14.2. The smallest absolute Gasteiger partial charge is 0.315 e. The number of nitrogens with zero attached hydrogens (tertiary/aromatic N) is 2. The van der Waals surface area contributed by atoms with E-state index in [-0.39, 0.29) is 38.1 Å². The van der Waals surface area contributed by atoms with E-state index in [2.05, 4.69) is 26.3 Å². The Morgan fingerprint density at radius 3 is 2.09 bits per heavy atom. The van der Waals surface area contributed by atoms with E-state index in [1.807, 2.05) is 88.4 Å². The predicted molar refractivity (Wildman–Crippen MR) is 310 cm³/mol. The number of urea groups is 1. The van der Waals surface area contributed by atoms with E-state index < -0.39 is 160 Å². The lowest BCUT2D eigenvalue weighted by Gasteiger charge is -2.47. The van der Waals surface area contributed by atoms with Crippen LogP contribution in [0, 0.1) is 11.8 Å². The average Bonchev–Trinajstić information content (AvgIpc) is 3.44. The Labute approximate surface area is 485 Å². The highest BCUT2D eigenvalue weighted by atomic mass is 16.7. The number of nitrogens with one attached hydrogen (secondary N) is 4. The second kappa shape index (κ2) is 39.4.